The van der Waals surface area contributed by atoms with E-state index in [1.54, 1.807) is 24.3 Å². The molecule has 3 aliphatic heterocycles. The second-order valence-electron chi connectivity index (χ2n) is 19.5. The standard InChI is InChI=1S/C68H43N3O5S/c72-67-51-18-4-6-20-53(51)68(54-21-7-5-19-52(54)67)55-22-8-9-23-57(55)69(46-16-2-1-3-17-46)58-40-30-44(42-56(58)68)45-31-41-62-66(43-45)76-65-29-15-12-26-61(65)71(62)48-34-38-50(39-35-48)77(73,74)49-36-32-47(33-37-49)70-59-24-10-13-27-63(59)75-64-28-14-11-25-60(64)70/h1-43H. The number of benzene rings is 11. The van der Waals surface area contributed by atoms with Gasteiger partial charge in [0.25, 0.3) is 0 Å². The van der Waals surface area contributed by atoms with Crippen LogP contribution < -0.4 is 24.2 Å². The normalized spacial score (nSPS) is 14.1. The first-order valence-electron chi connectivity index (χ1n) is 25.5. The average molecular weight is 1010 g/mol. The number of anilines is 9. The Bertz CT molecular complexity index is 4250. The summed E-state index contributed by atoms with van der Waals surface area (Å²) in [7, 11) is -3.91. The number of fused-ring (bicyclic) bond motifs is 12. The molecule has 366 valence electrons. The fourth-order valence-corrected chi connectivity index (χ4v) is 13.4. The van der Waals surface area contributed by atoms with Crippen LogP contribution in [0.2, 0.25) is 0 Å². The van der Waals surface area contributed by atoms with Gasteiger partial charge in [-0.1, -0.05) is 133 Å². The predicted octanol–water partition coefficient (Wildman–Crippen LogP) is 17.0. The summed E-state index contributed by atoms with van der Waals surface area (Å²) >= 11 is 0. The smallest absolute Gasteiger partial charge is 0.206 e. The molecule has 15 rings (SSSR count). The Hall–Kier alpha value is -9.96. The number of nitrogens with zero attached hydrogens (tertiary/aromatic N) is 3. The molecule has 0 atom stereocenters. The van der Waals surface area contributed by atoms with Gasteiger partial charge in [-0.2, -0.15) is 0 Å². The van der Waals surface area contributed by atoms with Crippen molar-refractivity contribution in [3.05, 3.63) is 294 Å². The highest BCUT2D eigenvalue weighted by Gasteiger charge is 2.52. The third-order valence-corrected chi connectivity index (χ3v) is 17.2. The highest BCUT2D eigenvalue weighted by atomic mass is 32.2. The van der Waals surface area contributed by atoms with E-state index >= 15 is 0 Å². The number of sulfone groups is 1. The Balaban J connectivity index is 0.813. The Kier molecular flexibility index (Phi) is 9.85. The lowest BCUT2D eigenvalue weighted by Gasteiger charge is -2.49. The molecule has 11 aromatic carbocycles. The summed E-state index contributed by atoms with van der Waals surface area (Å²) in [5.74, 6) is 2.77. The van der Waals surface area contributed by atoms with E-state index in [-0.39, 0.29) is 15.6 Å². The van der Waals surface area contributed by atoms with E-state index in [0.717, 1.165) is 96.1 Å². The highest BCUT2D eigenvalue weighted by molar-refractivity contribution is 7.91. The van der Waals surface area contributed by atoms with Crippen molar-refractivity contribution in [3.8, 4) is 34.1 Å². The van der Waals surface area contributed by atoms with Gasteiger partial charge in [0.2, 0.25) is 9.84 Å². The third-order valence-electron chi connectivity index (χ3n) is 15.5. The van der Waals surface area contributed by atoms with Crippen LogP contribution >= 0.6 is 0 Å². The molecule has 0 N–H and O–H groups in total. The maximum absolute atomic E-state index is 14.5. The molecular weight excluding hydrogens is 971 g/mol. The van der Waals surface area contributed by atoms with Gasteiger partial charge in [-0.15, -0.1) is 0 Å². The molecule has 0 radical (unpaired) electrons. The van der Waals surface area contributed by atoms with E-state index in [0.29, 0.717) is 22.6 Å². The van der Waals surface area contributed by atoms with Crippen LogP contribution in [0.15, 0.2) is 271 Å². The fourth-order valence-electron chi connectivity index (χ4n) is 12.1. The van der Waals surface area contributed by atoms with E-state index < -0.39 is 15.3 Å². The van der Waals surface area contributed by atoms with Crippen molar-refractivity contribution in [3.63, 3.8) is 0 Å². The van der Waals surface area contributed by atoms with Crippen LogP contribution in [0, 0.1) is 0 Å². The van der Waals surface area contributed by atoms with E-state index in [1.807, 2.05) is 140 Å². The molecule has 1 spiro atoms. The molecular formula is C68H43N3O5S. The van der Waals surface area contributed by atoms with Gasteiger partial charge in [0, 0.05) is 28.2 Å². The summed E-state index contributed by atoms with van der Waals surface area (Å²) in [6, 6.07) is 85.7. The summed E-state index contributed by atoms with van der Waals surface area (Å²) in [6.45, 7) is 0. The number of ketones is 1. The molecule has 8 nitrogen and oxygen atoms in total. The first-order chi connectivity index (χ1) is 37.9. The van der Waals surface area contributed by atoms with Crippen molar-refractivity contribution in [2.24, 2.45) is 0 Å². The van der Waals surface area contributed by atoms with Gasteiger partial charge in [0.15, 0.2) is 28.8 Å². The summed E-state index contributed by atoms with van der Waals surface area (Å²) < 4.78 is 41.7. The molecule has 9 heteroatoms. The summed E-state index contributed by atoms with van der Waals surface area (Å²) in [4.78, 5) is 21.4. The van der Waals surface area contributed by atoms with Gasteiger partial charge in [-0.05, 0) is 161 Å². The molecule has 0 saturated heterocycles. The first-order valence-corrected chi connectivity index (χ1v) is 27.0. The molecule has 11 aromatic rings. The SMILES string of the molecule is O=C1c2ccccc2C2(c3ccccc31)c1ccccc1N(c1ccccc1)c1ccc(-c3ccc4c(c3)Oc3ccccc3N4c3ccc(S(=O)(=O)c4ccc(N5c6ccccc6Oc6ccccc65)cc4)cc3)cc12. The Morgan fingerprint density at radius 1 is 0.312 bits per heavy atom. The lowest BCUT2D eigenvalue weighted by atomic mass is 9.57. The van der Waals surface area contributed by atoms with Crippen LogP contribution in [-0.4, -0.2) is 14.2 Å². The minimum absolute atomic E-state index is 0.0175. The highest BCUT2D eigenvalue weighted by Crippen LogP contribution is 2.61. The van der Waals surface area contributed by atoms with Gasteiger partial charge < -0.3 is 24.2 Å². The fraction of sp³-hybridized carbons (Fsp3) is 0.0147. The number of carbonyl (C=O) groups is 1. The maximum Gasteiger partial charge on any atom is 0.206 e. The minimum Gasteiger partial charge on any atom is -0.453 e. The first kappa shape index (κ1) is 44.5. The molecule has 1 aliphatic carbocycles. The third kappa shape index (κ3) is 6.63. The van der Waals surface area contributed by atoms with E-state index in [4.69, 9.17) is 9.47 Å². The number of hydrogen-bond acceptors (Lipinski definition) is 8. The second-order valence-corrected chi connectivity index (χ2v) is 21.5. The Morgan fingerprint density at radius 3 is 1.23 bits per heavy atom. The van der Waals surface area contributed by atoms with E-state index in [1.165, 1.54) is 0 Å². The predicted molar refractivity (Wildman–Crippen MR) is 303 cm³/mol. The lowest BCUT2D eigenvalue weighted by molar-refractivity contribution is 0.103. The molecule has 0 fully saturated rings. The van der Waals surface area contributed by atoms with Crippen molar-refractivity contribution >= 4 is 66.8 Å². The van der Waals surface area contributed by atoms with Crippen molar-refractivity contribution < 1.29 is 22.7 Å². The van der Waals surface area contributed by atoms with Crippen LogP contribution in [0.5, 0.6) is 23.0 Å². The zero-order chi connectivity index (χ0) is 51.4. The number of rotatable bonds is 6. The largest absolute Gasteiger partial charge is 0.453 e. The van der Waals surface area contributed by atoms with E-state index in [9.17, 15) is 13.2 Å². The monoisotopic (exact) mass is 1010 g/mol. The summed E-state index contributed by atoms with van der Waals surface area (Å²) in [5, 5.41) is 0. The van der Waals surface area contributed by atoms with Crippen LogP contribution in [0.4, 0.5) is 51.2 Å². The van der Waals surface area contributed by atoms with Crippen LogP contribution in [0.1, 0.15) is 38.2 Å². The number of hydrogen-bond donors (Lipinski definition) is 0. The van der Waals surface area contributed by atoms with Gasteiger partial charge in [-0.25, -0.2) is 8.42 Å². The molecule has 0 saturated carbocycles. The van der Waals surface area contributed by atoms with Gasteiger partial charge in [0.1, 0.15) is 0 Å². The van der Waals surface area contributed by atoms with Crippen molar-refractivity contribution in [2.45, 2.75) is 15.2 Å². The molecule has 3 heterocycles. The van der Waals surface area contributed by atoms with Gasteiger partial charge >= 0.3 is 0 Å². The van der Waals surface area contributed by atoms with Gasteiger partial charge in [-0.3, -0.25) is 4.79 Å². The van der Waals surface area contributed by atoms with Crippen molar-refractivity contribution in [2.75, 3.05) is 14.7 Å². The molecule has 77 heavy (non-hydrogen) atoms. The molecule has 0 amide bonds. The molecule has 0 aromatic heterocycles. The van der Waals surface area contributed by atoms with Crippen LogP contribution in [0.3, 0.4) is 0 Å². The molecule has 0 bridgehead atoms. The maximum atomic E-state index is 14.5. The topological polar surface area (TPSA) is 79.4 Å². The van der Waals surface area contributed by atoms with Crippen LogP contribution in [0.25, 0.3) is 11.1 Å². The van der Waals surface area contributed by atoms with Crippen molar-refractivity contribution in [1.82, 2.24) is 0 Å². The summed E-state index contributed by atoms with van der Waals surface area (Å²) in [6.07, 6.45) is 0. The zero-order valence-corrected chi connectivity index (χ0v) is 41.9. The quantitative estimate of drug-likeness (QED) is 0.163. The molecule has 4 aliphatic rings. The Morgan fingerprint density at radius 2 is 0.688 bits per heavy atom. The molecule has 0 unspecified atom stereocenters. The zero-order valence-electron chi connectivity index (χ0n) is 41.1. The van der Waals surface area contributed by atoms with Crippen molar-refractivity contribution in [1.29, 1.82) is 0 Å². The minimum atomic E-state index is -3.91. The average Bonchev–Trinajstić information content (AvgIpc) is 3.68. The Labute approximate surface area is 445 Å². The van der Waals surface area contributed by atoms with E-state index in [2.05, 4.69) is 112 Å². The number of ether oxygens (including phenoxy) is 2. The lowest BCUT2D eigenvalue weighted by Crippen LogP contribution is -2.42. The van der Waals surface area contributed by atoms with Gasteiger partial charge in [0.05, 0.1) is 49.3 Å². The summed E-state index contributed by atoms with van der Waals surface area (Å²) in [5.41, 5.74) is 14.5. The number of carbonyl (C=O) groups excluding carboxylic acids is 1. The van der Waals surface area contributed by atoms with Crippen LogP contribution in [-0.2, 0) is 15.3 Å². The number of para-hydroxylation sites is 8. The second kappa shape index (κ2) is 17.0.